The SMILES string of the molecule is O=C1C=C(NCCOCCOCCNC2=CC(=O)c3ccccc3C2=O)C(=O)c2ccccc21. The van der Waals surface area contributed by atoms with Gasteiger partial charge in [0.05, 0.1) is 37.8 Å². The Morgan fingerprint density at radius 1 is 0.529 bits per heavy atom. The second-order valence-electron chi connectivity index (χ2n) is 7.67. The van der Waals surface area contributed by atoms with E-state index >= 15 is 0 Å². The zero-order valence-electron chi connectivity index (χ0n) is 18.5. The third-order valence-corrected chi connectivity index (χ3v) is 5.41. The van der Waals surface area contributed by atoms with E-state index in [-0.39, 0.29) is 34.5 Å². The molecule has 0 saturated carbocycles. The lowest BCUT2D eigenvalue weighted by atomic mass is 9.93. The summed E-state index contributed by atoms with van der Waals surface area (Å²) in [5, 5.41) is 5.91. The van der Waals surface area contributed by atoms with E-state index in [1.54, 1.807) is 48.5 Å². The number of ether oxygens (including phenoxy) is 2. The minimum atomic E-state index is -0.206. The number of allylic oxidation sites excluding steroid dienone is 4. The first-order valence-electron chi connectivity index (χ1n) is 11.0. The molecule has 8 nitrogen and oxygen atoms in total. The smallest absolute Gasteiger partial charge is 0.209 e. The fourth-order valence-corrected chi connectivity index (χ4v) is 3.73. The Bertz CT molecular complexity index is 1100. The molecule has 0 aromatic heterocycles. The van der Waals surface area contributed by atoms with Gasteiger partial charge in [-0.1, -0.05) is 48.5 Å². The Morgan fingerprint density at radius 2 is 0.912 bits per heavy atom. The molecule has 0 spiro atoms. The second kappa shape index (κ2) is 10.8. The van der Waals surface area contributed by atoms with Crippen LogP contribution in [0.4, 0.5) is 0 Å². The monoisotopic (exact) mass is 460 g/mol. The Morgan fingerprint density at radius 3 is 1.32 bits per heavy atom. The molecule has 2 N–H and O–H groups in total. The molecule has 0 heterocycles. The molecule has 0 saturated heterocycles. The van der Waals surface area contributed by atoms with Crippen molar-refractivity contribution in [3.8, 4) is 0 Å². The van der Waals surface area contributed by atoms with Gasteiger partial charge in [0, 0.05) is 47.5 Å². The fourth-order valence-electron chi connectivity index (χ4n) is 3.73. The highest BCUT2D eigenvalue weighted by molar-refractivity contribution is 6.25. The van der Waals surface area contributed by atoms with Gasteiger partial charge in [-0.15, -0.1) is 0 Å². The molecule has 0 unspecified atom stereocenters. The number of fused-ring (bicyclic) bond motifs is 2. The summed E-state index contributed by atoms with van der Waals surface area (Å²) < 4.78 is 11.0. The van der Waals surface area contributed by atoms with Gasteiger partial charge in [-0.3, -0.25) is 19.2 Å². The molecule has 2 aliphatic rings. The Kier molecular flexibility index (Phi) is 7.41. The Hall–Kier alpha value is -3.88. The minimum absolute atomic E-state index is 0.195. The molecule has 0 amide bonds. The van der Waals surface area contributed by atoms with Crippen LogP contribution in [0.25, 0.3) is 0 Å². The molecule has 0 atom stereocenters. The van der Waals surface area contributed by atoms with E-state index in [1.165, 1.54) is 12.2 Å². The second-order valence-corrected chi connectivity index (χ2v) is 7.67. The summed E-state index contributed by atoms with van der Waals surface area (Å²) in [7, 11) is 0. The van der Waals surface area contributed by atoms with E-state index in [2.05, 4.69) is 10.6 Å². The van der Waals surface area contributed by atoms with E-state index in [1.807, 2.05) is 0 Å². The Labute approximate surface area is 196 Å². The van der Waals surface area contributed by atoms with Crippen LogP contribution in [0.15, 0.2) is 72.1 Å². The van der Waals surface area contributed by atoms with Gasteiger partial charge in [0.15, 0.2) is 11.6 Å². The molecule has 8 heteroatoms. The quantitative estimate of drug-likeness (QED) is 0.491. The van der Waals surface area contributed by atoms with Crippen molar-refractivity contribution in [1.29, 1.82) is 0 Å². The number of hydrogen-bond donors (Lipinski definition) is 2. The van der Waals surface area contributed by atoms with Crippen molar-refractivity contribution in [2.45, 2.75) is 0 Å². The minimum Gasteiger partial charge on any atom is -0.379 e. The van der Waals surface area contributed by atoms with E-state index in [4.69, 9.17) is 9.47 Å². The highest BCUT2D eigenvalue weighted by Gasteiger charge is 2.25. The molecular formula is C26H24N2O6. The molecule has 174 valence electrons. The summed E-state index contributed by atoms with van der Waals surface area (Å²) in [4.78, 5) is 49.2. The zero-order chi connectivity index (χ0) is 23.9. The van der Waals surface area contributed by atoms with Gasteiger partial charge in [-0.05, 0) is 0 Å². The number of carbonyl (C=O) groups is 4. The Balaban J connectivity index is 1.08. The van der Waals surface area contributed by atoms with Gasteiger partial charge in [-0.2, -0.15) is 0 Å². The third-order valence-electron chi connectivity index (χ3n) is 5.41. The van der Waals surface area contributed by atoms with E-state index < -0.39 is 0 Å². The topological polar surface area (TPSA) is 111 Å². The summed E-state index contributed by atoms with van der Waals surface area (Å²) in [6.07, 6.45) is 2.64. The van der Waals surface area contributed by atoms with Gasteiger partial charge >= 0.3 is 0 Å². The van der Waals surface area contributed by atoms with Crippen molar-refractivity contribution in [2.24, 2.45) is 0 Å². The highest BCUT2D eigenvalue weighted by atomic mass is 16.5. The average molecular weight is 460 g/mol. The molecule has 0 fully saturated rings. The van der Waals surface area contributed by atoms with Crippen LogP contribution in [0, 0.1) is 0 Å². The van der Waals surface area contributed by atoms with Crippen LogP contribution in [0.1, 0.15) is 41.4 Å². The van der Waals surface area contributed by atoms with Crippen molar-refractivity contribution in [3.05, 3.63) is 94.3 Å². The zero-order valence-corrected chi connectivity index (χ0v) is 18.5. The number of rotatable bonds is 11. The predicted molar refractivity (Wildman–Crippen MR) is 124 cm³/mol. The molecular weight excluding hydrogens is 436 g/mol. The van der Waals surface area contributed by atoms with Crippen LogP contribution < -0.4 is 10.6 Å². The molecule has 2 aliphatic carbocycles. The van der Waals surface area contributed by atoms with E-state index in [0.717, 1.165) is 0 Å². The van der Waals surface area contributed by atoms with Gasteiger partial charge < -0.3 is 20.1 Å². The summed E-state index contributed by atoms with van der Waals surface area (Å²) in [5.41, 5.74) is 2.17. The van der Waals surface area contributed by atoms with Crippen LogP contribution in [0.5, 0.6) is 0 Å². The normalized spacial score (nSPS) is 14.8. The van der Waals surface area contributed by atoms with Crippen molar-refractivity contribution < 1.29 is 28.7 Å². The number of Topliss-reactive ketones (excluding diaryl/α,β-unsaturated/α-hetero) is 2. The average Bonchev–Trinajstić information content (AvgIpc) is 2.86. The van der Waals surface area contributed by atoms with Crippen molar-refractivity contribution >= 4 is 23.1 Å². The summed E-state index contributed by atoms with van der Waals surface area (Å²) in [6, 6.07) is 13.5. The highest BCUT2D eigenvalue weighted by Crippen LogP contribution is 2.20. The number of nitrogens with one attached hydrogen (secondary N) is 2. The van der Waals surface area contributed by atoms with Crippen LogP contribution >= 0.6 is 0 Å². The fraction of sp³-hybridized carbons (Fsp3) is 0.231. The third kappa shape index (κ3) is 5.19. The van der Waals surface area contributed by atoms with Gasteiger partial charge in [0.1, 0.15) is 0 Å². The summed E-state index contributed by atoms with van der Waals surface area (Å²) in [6.45, 7) is 2.13. The number of hydrogen-bond acceptors (Lipinski definition) is 8. The first-order valence-corrected chi connectivity index (χ1v) is 11.0. The first-order chi connectivity index (χ1) is 16.6. The van der Waals surface area contributed by atoms with Crippen LogP contribution in [0.2, 0.25) is 0 Å². The molecule has 2 aromatic carbocycles. The first kappa shape index (κ1) is 23.3. The maximum atomic E-state index is 12.4. The molecule has 34 heavy (non-hydrogen) atoms. The summed E-state index contributed by atoms with van der Waals surface area (Å²) >= 11 is 0. The van der Waals surface area contributed by atoms with Crippen LogP contribution in [0.3, 0.4) is 0 Å². The lowest BCUT2D eigenvalue weighted by Gasteiger charge is -2.16. The van der Waals surface area contributed by atoms with E-state index in [9.17, 15) is 19.2 Å². The lowest BCUT2D eigenvalue weighted by molar-refractivity contribution is 0.0508. The van der Waals surface area contributed by atoms with Crippen molar-refractivity contribution in [2.75, 3.05) is 39.5 Å². The van der Waals surface area contributed by atoms with Crippen LogP contribution in [-0.2, 0) is 9.47 Å². The molecule has 0 radical (unpaired) electrons. The predicted octanol–water partition coefficient (Wildman–Crippen LogP) is 2.12. The largest absolute Gasteiger partial charge is 0.379 e. The van der Waals surface area contributed by atoms with Gasteiger partial charge in [0.25, 0.3) is 0 Å². The maximum absolute atomic E-state index is 12.4. The van der Waals surface area contributed by atoms with Crippen LogP contribution in [-0.4, -0.2) is 62.7 Å². The molecule has 2 aromatic rings. The van der Waals surface area contributed by atoms with Gasteiger partial charge in [0.2, 0.25) is 11.6 Å². The maximum Gasteiger partial charge on any atom is 0.209 e. The molecule has 4 rings (SSSR count). The lowest BCUT2D eigenvalue weighted by Crippen LogP contribution is -2.30. The molecule has 0 bridgehead atoms. The standard InChI is InChI=1S/C26H24N2O6/c29-23-15-21(25(31)19-7-3-1-5-17(19)23)27-9-11-33-13-14-34-12-10-28-22-16-24(30)18-6-2-4-8-20(18)26(22)32/h1-8,15-16,27-28H,9-14H2. The summed E-state index contributed by atoms with van der Waals surface area (Å²) in [5.74, 6) is -0.801. The van der Waals surface area contributed by atoms with E-state index in [0.29, 0.717) is 61.8 Å². The van der Waals surface area contributed by atoms with Crippen molar-refractivity contribution in [3.63, 3.8) is 0 Å². The number of ketones is 4. The van der Waals surface area contributed by atoms with Gasteiger partial charge in [-0.25, -0.2) is 0 Å². The number of carbonyl (C=O) groups excluding carboxylic acids is 4. The van der Waals surface area contributed by atoms with Crippen molar-refractivity contribution in [1.82, 2.24) is 10.6 Å². The number of benzene rings is 2. The molecule has 0 aliphatic heterocycles.